The van der Waals surface area contributed by atoms with E-state index >= 15 is 0 Å². The van der Waals surface area contributed by atoms with Gasteiger partial charge in [-0.15, -0.1) is 5.92 Å². The number of unbranched alkanes of at least 4 members (excludes halogenated alkanes) is 1. The summed E-state index contributed by atoms with van der Waals surface area (Å²) in [6, 6.07) is 27.5. The molecular formula is C34H42N2O. The van der Waals surface area contributed by atoms with Crippen LogP contribution in [0.3, 0.4) is 0 Å². The van der Waals surface area contributed by atoms with Gasteiger partial charge in [-0.1, -0.05) is 79.6 Å². The van der Waals surface area contributed by atoms with Gasteiger partial charge in [-0.05, 0) is 85.5 Å². The summed E-state index contributed by atoms with van der Waals surface area (Å²) in [6.45, 7) is 5.33. The zero-order valence-corrected chi connectivity index (χ0v) is 22.2. The Morgan fingerprint density at radius 3 is 2.32 bits per heavy atom. The first-order chi connectivity index (χ1) is 18.2. The first-order valence-corrected chi connectivity index (χ1v) is 13.9. The molecule has 1 saturated heterocycles. The van der Waals surface area contributed by atoms with Crippen LogP contribution in [0.15, 0.2) is 78.9 Å². The van der Waals surface area contributed by atoms with Crippen LogP contribution in [0.2, 0.25) is 0 Å². The highest BCUT2D eigenvalue weighted by molar-refractivity contribution is 5.91. The summed E-state index contributed by atoms with van der Waals surface area (Å²) in [4.78, 5) is 15.3. The normalized spacial score (nSPS) is 14.1. The predicted molar refractivity (Wildman–Crippen MR) is 156 cm³/mol. The number of aryl methyl sites for hydroxylation is 2. The van der Waals surface area contributed by atoms with Gasteiger partial charge in [0, 0.05) is 32.9 Å². The lowest BCUT2D eigenvalue weighted by Gasteiger charge is -2.31. The number of rotatable bonds is 10. The standard InChI is InChI=1S/C34H40N2O.H2/c1-2-31-26-33(20-19-32(31)18-12-4-3-7-13-28-14-8-5-9-15-28)35-34(37)25-29-21-23-36(24-22-29)27-30-16-10-6-11-17-30;/h5-6,8-11,14-17,19-20,26,29H,2,4,12-13,18,21-25,27H2,1H3,(H,35,37);1H. The van der Waals surface area contributed by atoms with E-state index in [0.717, 1.165) is 70.3 Å². The van der Waals surface area contributed by atoms with Crippen LogP contribution in [0.25, 0.3) is 0 Å². The Morgan fingerprint density at radius 2 is 1.62 bits per heavy atom. The van der Waals surface area contributed by atoms with E-state index in [-0.39, 0.29) is 7.33 Å². The van der Waals surface area contributed by atoms with Crippen molar-refractivity contribution in [1.82, 2.24) is 4.90 Å². The second kappa shape index (κ2) is 14.4. The number of anilines is 1. The Labute approximate surface area is 224 Å². The van der Waals surface area contributed by atoms with Gasteiger partial charge < -0.3 is 5.32 Å². The van der Waals surface area contributed by atoms with Crippen LogP contribution in [-0.2, 0) is 30.6 Å². The van der Waals surface area contributed by atoms with Crippen molar-refractivity contribution in [2.24, 2.45) is 5.92 Å². The summed E-state index contributed by atoms with van der Waals surface area (Å²) in [5, 5.41) is 3.17. The second-order valence-electron chi connectivity index (χ2n) is 10.2. The summed E-state index contributed by atoms with van der Waals surface area (Å²) in [5.41, 5.74) is 6.26. The zero-order chi connectivity index (χ0) is 25.7. The summed E-state index contributed by atoms with van der Waals surface area (Å²) in [5.74, 6) is 7.23. The molecule has 37 heavy (non-hydrogen) atoms. The van der Waals surface area contributed by atoms with Crippen molar-refractivity contribution in [3.63, 3.8) is 0 Å². The molecule has 1 aliphatic heterocycles. The lowest BCUT2D eigenvalue weighted by molar-refractivity contribution is -0.117. The van der Waals surface area contributed by atoms with Crippen molar-refractivity contribution < 1.29 is 6.22 Å². The molecule has 0 radical (unpaired) electrons. The second-order valence-corrected chi connectivity index (χ2v) is 10.2. The van der Waals surface area contributed by atoms with Crippen molar-refractivity contribution in [2.75, 3.05) is 18.4 Å². The molecule has 0 aliphatic carbocycles. The van der Waals surface area contributed by atoms with Crippen LogP contribution in [0.5, 0.6) is 0 Å². The van der Waals surface area contributed by atoms with Crippen LogP contribution in [-0.4, -0.2) is 23.9 Å². The fourth-order valence-corrected chi connectivity index (χ4v) is 5.16. The molecule has 0 atom stereocenters. The van der Waals surface area contributed by atoms with E-state index in [9.17, 15) is 4.79 Å². The fourth-order valence-electron chi connectivity index (χ4n) is 5.16. The van der Waals surface area contributed by atoms with Crippen molar-refractivity contribution in [1.29, 1.82) is 0 Å². The van der Waals surface area contributed by atoms with E-state index in [0.29, 0.717) is 12.3 Å². The highest BCUT2D eigenvalue weighted by Gasteiger charge is 2.21. The maximum atomic E-state index is 12.8. The minimum atomic E-state index is 0. The highest BCUT2D eigenvalue weighted by Crippen LogP contribution is 2.24. The molecule has 0 saturated carbocycles. The Hall–Kier alpha value is -3.35. The monoisotopic (exact) mass is 494 g/mol. The van der Waals surface area contributed by atoms with Crippen LogP contribution in [0.4, 0.5) is 5.69 Å². The molecule has 1 fully saturated rings. The minimum Gasteiger partial charge on any atom is -0.326 e. The van der Waals surface area contributed by atoms with E-state index in [1.54, 1.807) is 0 Å². The topological polar surface area (TPSA) is 32.3 Å². The molecular weight excluding hydrogens is 452 g/mol. The molecule has 194 valence electrons. The third kappa shape index (κ3) is 8.92. The Morgan fingerprint density at radius 1 is 0.919 bits per heavy atom. The first kappa shape index (κ1) is 26.7. The SMILES string of the molecule is CCc1cc(NC(=O)CC2CCN(Cc3ccccc3)CC2)ccc1CCCC#CCc1ccccc1.[HH]. The lowest BCUT2D eigenvalue weighted by atomic mass is 9.93. The van der Waals surface area contributed by atoms with E-state index in [4.69, 9.17) is 0 Å². The van der Waals surface area contributed by atoms with Crippen LogP contribution >= 0.6 is 0 Å². The first-order valence-electron chi connectivity index (χ1n) is 13.9. The molecule has 3 aromatic rings. The fraction of sp³-hybridized carbons (Fsp3) is 0.382. The van der Waals surface area contributed by atoms with Gasteiger partial charge >= 0.3 is 0 Å². The van der Waals surface area contributed by atoms with Crippen molar-refractivity contribution in [3.8, 4) is 11.8 Å². The number of likely N-dealkylation sites (tertiary alicyclic amines) is 1. The average Bonchev–Trinajstić information content (AvgIpc) is 2.93. The number of piperidine rings is 1. The van der Waals surface area contributed by atoms with Crippen molar-refractivity contribution in [3.05, 3.63) is 101 Å². The molecule has 4 rings (SSSR count). The molecule has 3 nitrogen and oxygen atoms in total. The highest BCUT2D eigenvalue weighted by atomic mass is 16.1. The maximum Gasteiger partial charge on any atom is 0.224 e. The number of nitrogens with one attached hydrogen (secondary N) is 1. The van der Waals surface area contributed by atoms with Gasteiger partial charge in [-0.25, -0.2) is 0 Å². The van der Waals surface area contributed by atoms with Crippen molar-refractivity contribution >= 4 is 11.6 Å². The van der Waals surface area contributed by atoms with E-state index in [2.05, 4.69) is 102 Å². The number of nitrogens with zero attached hydrogens (tertiary/aromatic N) is 1. The van der Waals surface area contributed by atoms with Gasteiger partial charge in [0.1, 0.15) is 0 Å². The van der Waals surface area contributed by atoms with Gasteiger partial charge in [0.25, 0.3) is 0 Å². The Balaban J connectivity index is 0.00000400. The number of hydrogen-bond donors (Lipinski definition) is 1. The molecule has 0 spiro atoms. The van der Waals surface area contributed by atoms with E-state index < -0.39 is 0 Å². The summed E-state index contributed by atoms with van der Waals surface area (Å²) >= 11 is 0. The van der Waals surface area contributed by atoms with Gasteiger partial charge in [0.15, 0.2) is 0 Å². The average molecular weight is 495 g/mol. The molecule has 0 aromatic heterocycles. The number of hydrogen-bond acceptors (Lipinski definition) is 2. The van der Waals surface area contributed by atoms with Gasteiger partial charge in [-0.2, -0.15) is 0 Å². The third-order valence-electron chi connectivity index (χ3n) is 7.31. The van der Waals surface area contributed by atoms with Crippen molar-refractivity contribution in [2.45, 2.75) is 64.8 Å². The largest absolute Gasteiger partial charge is 0.326 e. The zero-order valence-electron chi connectivity index (χ0n) is 22.2. The summed E-state index contributed by atoms with van der Waals surface area (Å²) in [6.07, 6.45) is 7.59. The van der Waals surface area contributed by atoms with Gasteiger partial charge in [0.05, 0.1) is 0 Å². The molecule has 1 amide bonds. The Kier molecular flexibility index (Phi) is 10.4. The smallest absolute Gasteiger partial charge is 0.224 e. The third-order valence-corrected chi connectivity index (χ3v) is 7.31. The predicted octanol–water partition coefficient (Wildman–Crippen LogP) is 7.30. The number of amides is 1. The van der Waals surface area contributed by atoms with Crippen LogP contribution < -0.4 is 5.32 Å². The van der Waals surface area contributed by atoms with E-state index in [1.807, 2.05) is 6.07 Å². The minimum absolute atomic E-state index is 0. The van der Waals surface area contributed by atoms with Crippen LogP contribution in [0, 0.1) is 17.8 Å². The molecule has 1 heterocycles. The van der Waals surface area contributed by atoms with Gasteiger partial charge in [0.2, 0.25) is 5.91 Å². The molecule has 1 aliphatic rings. The molecule has 1 N–H and O–H groups in total. The lowest BCUT2D eigenvalue weighted by Crippen LogP contribution is -2.34. The number of benzene rings is 3. The number of carbonyl (C=O) groups excluding carboxylic acids is 1. The number of carbonyl (C=O) groups is 1. The summed E-state index contributed by atoms with van der Waals surface area (Å²) in [7, 11) is 0. The maximum absolute atomic E-state index is 12.8. The van der Waals surface area contributed by atoms with Crippen LogP contribution in [0.1, 0.15) is 62.7 Å². The molecule has 3 aromatic carbocycles. The van der Waals surface area contributed by atoms with E-state index in [1.165, 1.54) is 22.3 Å². The Bertz CT molecular complexity index is 1180. The molecule has 0 bridgehead atoms. The summed E-state index contributed by atoms with van der Waals surface area (Å²) < 4.78 is 0. The quantitative estimate of drug-likeness (QED) is 0.237. The van der Waals surface area contributed by atoms with Gasteiger partial charge in [-0.3, -0.25) is 9.69 Å². The molecule has 3 heteroatoms. The molecule has 0 unspecified atom stereocenters.